The molecule has 2 amide bonds. The lowest BCUT2D eigenvalue weighted by molar-refractivity contribution is -0.146. The summed E-state index contributed by atoms with van der Waals surface area (Å²) < 4.78 is 5.09. The maximum atomic E-state index is 13.1. The Morgan fingerprint density at radius 3 is 2.72 bits per heavy atom. The van der Waals surface area contributed by atoms with Gasteiger partial charge in [-0.3, -0.25) is 14.4 Å². The van der Waals surface area contributed by atoms with Crippen LogP contribution in [-0.4, -0.2) is 65.5 Å². The lowest BCUT2D eigenvalue weighted by Crippen LogP contribution is -2.61. The molecule has 7 nitrogen and oxygen atoms in total. The first-order valence-corrected chi connectivity index (χ1v) is 8.86. The van der Waals surface area contributed by atoms with Crippen LogP contribution in [0, 0.1) is 0 Å². The van der Waals surface area contributed by atoms with Gasteiger partial charge < -0.3 is 19.5 Å². The quantitative estimate of drug-likeness (QED) is 0.868. The second-order valence-corrected chi connectivity index (χ2v) is 6.95. The van der Waals surface area contributed by atoms with E-state index in [1.165, 1.54) is 12.3 Å². The summed E-state index contributed by atoms with van der Waals surface area (Å²) in [5, 5.41) is -0.0317. The molecule has 25 heavy (non-hydrogen) atoms. The molecule has 0 saturated carbocycles. The molecule has 0 bridgehead atoms. The molecule has 0 radical (unpaired) electrons. The molecule has 1 N–H and O–H groups in total. The molecule has 2 aliphatic rings. The van der Waals surface area contributed by atoms with Crippen molar-refractivity contribution in [3.8, 4) is 0 Å². The smallest absolute Gasteiger partial charge is 0.266 e. The molecule has 2 aliphatic heterocycles. The molecule has 0 aromatic carbocycles. The number of hydrogen-bond donors (Lipinski definition) is 1. The number of pyridine rings is 1. The number of methoxy groups -OCH3 is 1. The average molecular weight is 368 g/mol. The number of piperidine rings is 1. The molecule has 3 rings (SSSR count). The molecule has 2 fully saturated rings. The van der Waals surface area contributed by atoms with E-state index in [4.69, 9.17) is 16.3 Å². The lowest BCUT2D eigenvalue weighted by atomic mass is 9.85. The van der Waals surface area contributed by atoms with E-state index in [1.54, 1.807) is 16.9 Å². The average Bonchev–Trinajstić information content (AvgIpc) is 3.02. The first-order chi connectivity index (χ1) is 12.0. The zero-order valence-corrected chi connectivity index (χ0v) is 15.0. The minimum atomic E-state index is -0.786. The summed E-state index contributed by atoms with van der Waals surface area (Å²) >= 11 is 5.85. The van der Waals surface area contributed by atoms with Crippen molar-refractivity contribution in [1.82, 2.24) is 14.8 Å². The Morgan fingerprint density at radius 1 is 1.32 bits per heavy atom. The maximum Gasteiger partial charge on any atom is 0.266 e. The Kier molecular flexibility index (Phi) is 5.15. The van der Waals surface area contributed by atoms with Crippen molar-refractivity contribution in [2.45, 2.75) is 31.2 Å². The van der Waals surface area contributed by atoms with Gasteiger partial charge >= 0.3 is 0 Å². The van der Waals surface area contributed by atoms with Gasteiger partial charge in [0.05, 0.1) is 12.2 Å². The zero-order chi connectivity index (χ0) is 18.0. The van der Waals surface area contributed by atoms with Crippen molar-refractivity contribution < 1.29 is 14.3 Å². The molecule has 1 spiro atoms. The number of nitrogens with zero attached hydrogens (tertiary/aromatic N) is 2. The van der Waals surface area contributed by atoms with E-state index in [2.05, 4.69) is 4.98 Å². The molecular formula is C17H22ClN3O4. The molecule has 1 atom stereocenters. The highest BCUT2D eigenvalue weighted by atomic mass is 35.5. The van der Waals surface area contributed by atoms with Gasteiger partial charge in [0.2, 0.25) is 5.91 Å². The number of aromatic amines is 1. The number of nitrogens with one attached hydrogen (secondary N) is 1. The summed E-state index contributed by atoms with van der Waals surface area (Å²) in [4.78, 5) is 43.5. The fraction of sp³-hybridized carbons (Fsp3) is 0.588. The van der Waals surface area contributed by atoms with Gasteiger partial charge in [-0.1, -0.05) is 11.6 Å². The van der Waals surface area contributed by atoms with Gasteiger partial charge in [-0.2, -0.15) is 0 Å². The van der Waals surface area contributed by atoms with E-state index < -0.39 is 11.1 Å². The Labute approximate surface area is 150 Å². The van der Waals surface area contributed by atoms with Crippen LogP contribution in [0.3, 0.4) is 0 Å². The second kappa shape index (κ2) is 7.17. The van der Waals surface area contributed by atoms with E-state index >= 15 is 0 Å². The minimum absolute atomic E-state index is 0.00262. The standard InChI is InChI=1S/C17H22ClN3O4/c1-25-9-8-20-6-2-4-17(16(20)24)5-3-7-21(17)15(23)12-10-13(18)14(22)19-11-12/h10-11H,2-9H2,1H3,(H,19,22). The minimum Gasteiger partial charge on any atom is -0.383 e. The van der Waals surface area contributed by atoms with E-state index in [-0.39, 0.29) is 16.8 Å². The van der Waals surface area contributed by atoms with Crippen LogP contribution in [0.4, 0.5) is 0 Å². The van der Waals surface area contributed by atoms with E-state index in [9.17, 15) is 14.4 Å². The van der Waals surface area contributed by atoms with E-state index in [1.807, 2.05) is 0 Å². The number of carbonyl (C=O) groups is 2. The van der Waals surface area contributed by atoms with Gasteiger partial charge in [-0.25, -0.2) is 0 Å². The molecule has 1 unspecified atom stereocenters. The maximum absolute atomic E-state index is 13.1. The van der Waals surface area contributed by atoms with Crippen LogP contribution in [0.2, 0.25) is 5.02 Å². The van der Waals surface area contributed by atoms with Crippen LogP contribution >= 0.6 is 11.6 Å². The first kappa shape index (κ1) is 17.9. The highest BCUT2D eigenvalue weighted by Gasteiger charge is 2.52. The Morgan fingerprint density at radius 2 is 2.04 bits per heavy atom. The topological polar surface area (TPSA) is 82.7 Å². The molecule has 136 valence electrons. The largest absolute Gasteiger partial charge is 0.383 e. The van der Waals surface area contributed by atoms with Crippen molar-refractivity contribution in [3.05, 3.63) is 33.2 Å². The van der Waals surface area contributed by atoms with Crippen molar-refractivity contribution >= 4 is 23.4 Å². The van der Waals surface area contributed by atoms with Crippen LogP contribution in [-0.2, 0) is 9.53 Å². The van der Waals surface area contributed by atoms with Crippen molar-refractivity contribution in [2.75, 3.05) is 33.4 Å². The van der Waals surface area contributed by atoms with Crippen LogP contribution in [0.1, 0.15) is 36.0 Å². The molecule has 8 heteroatoms. The number of ether oxygens (including phenoxy) is 1. The zero-order valence-electron chi connectivity index (χ0n) is 14.2. The predicted octanol–water partition coefficient (Wildman–Crippen LogP) is 1.27. The molecule has 2 saturated heterocycles. The summed E-state index contributed by atoms with van der Waals surface area (Å²) in [6, 6.07) is 1.37. The van der Waals surface area contributed by atoms with Crippen LogP contribution in [0.5, 0.6) is 0 Å². The van der Waals surface area contributed by atoms with Gasteiger partial charge in [0.1, 0.15) is 10.6 Å². The van der Waals surface area contributed by atoms with Crippen LogP contribution in [0.15, 0.2) is 17.1 Å². The molecule has 0 aliphatic carbocycles. The number of amides is 2. The van der Waals surface area contributed by atoms with Gasteiger partial charge in [0.15, 0.2) is 0 Å². The summed E-state index contributed by atoms with van der Waals surface area (Å²) in [6.07, 6.45) is 4.33. The first-order valence-electron chi connectivity index (χ1n) is 8.48. The number of rotatable bonds is 4. The van der Waals surface area contributed by atoms with E-state index in [0.29, 0.717) is 44.6 Å². The number of likely N-dealkylation sites (tertiary alicyclic amines) is 2. The molecule has 1 aromatic heterocycles. The fourth-order valence-corrected chi connectivity index (χ4v) is 4.04. The van der Waals surface area contributed by atoms with Gasteiger partial charge in [-0.15, -0.1) is 0 Å². The van der Waals surface area contributed by atoms with Crippen LogP contribution < -0.4 is 5.56 Å². The number of hydrogen-bond acceptors (Lipinski definition) is 4. The monoisotopic (exact) mass is 367 g/mol. The van der Waals surface area contributed by atoms with Gasteiger partial charge in [0, 0.05) is 32.9 Å². The second-order valence-electron chi connectivity index (χ2n) is 6.55. The summed E-state index contributed by atoms with van der Waals surface area (Å²) in [7, 11) is 1.61. The summed E-state index contributed by atoms with van der Waals surface area (Å²) in [5.41, 5.74) is -0.924. The molecule has 1 aromatic rings. The van der Waals surface area contributed by atoms with Gasteiger partial charge in [0.25, 0.3) is 11.5 Å². The van der Waals surface area contributed by atoms with Crippen LogP contribution in [0.25, 0.3) is 0 Å². The SMILES string of the molecule is COCCN1CCCC2(CCCN2C(=O)c2c[nH]c(=O)c(Cl)c2)C1=O. The number of halogens is 1. The lowest BCUT2D eigenvalue weighted by Gasteiger charge is -2.44. The molecule has 3 heterocycles. The van der Waals surface area contributed by atoms with E-state index in [0.717, 1.165) is 12.8 Å². The number of carbonyl (C=O) groups excluding carboxylic acids is 2. The van der Waals surface area contributed by atoms with Crippen molar-refractivity contribution in [3.63, 3.8) is 0 Å². The summed E-state index contributed by atoms with van der Waals surface area (Å²) in [5.74, 6) is -0.269. The van der Waals surface area contributed by atoms with Crippen molar-refractivity contribution in [2.24, 2.45) is 0 Å². The fourth-order valence-electron chi connectivity index (χ4n) is 3.87. The Bertz CT molecular complexity index is 735. The Hall–Kier alpha value is -1.86. The van der Waals surface area contributed by atoms with Crippen molar-refractivity contribution in [1.29, 1.82) is 0 Å². The Balaban J connectivity index is 1.88. The predicted molar refractivity (Wildman–Crippen MR) is 92.8 cm³/mol. The third kappa shape index (κ3) is 3.18. The third-order valence-electron chi connectivity index (χ3n) is 5.11. The highest BCUT2D eigenvalue weighted by Crippen LogP contribution is 2.39. The summed E-state index contributed by atoms with van der Waals surface area (Å²) in [6.45, 7) is 2.23. The normalized spacial score (nSPS) is 23.5. The highest BCUT2D eigenvalue weighted by molar-refractivity contribution is 6.30. The third-order valence-corrected chi connectivity index (χ3v) is 5.39. The molecular weight excluding hydrogens is 346 g/mol. The number of H-pyrrole nitrogens is 1. The van der Waals surface area contributed by atoms with Gasteiger partial charge in [-0.05, 0) is 31.7 Å². The number of aromatic nitrogens is 1.